The summed E-state index contributed by atoms with van der Waals surface area (Å²) in [5, 5.41) is 4.05. The molecule has 0 radical (unpaired) electrons. The van der Waals surface area contributed by atoms with Crippen molar-refractivity contribution in [2.45, 2.75) is 49.1 Å². The summed E-state index contributed by atoms with van der Waals surface area (Å²) in [6.45, 7) is 0. The molecular formula is C17H21N3O2S. The van der Waals surface area contributed by atoms with Crippen LogP contribution in [-0.4, -0.2) is 28.5 Å². The maximum atomic E-state index is 13.2. The molecule has 0 N–H and O–H groups in total. The Hall–Kier alpha value is -1.66. The van der Waals surface area contributed by atoms with Gasteiger partial charge in [-0.15, -0.1) is 0 Å². The average Bonchev–Trinajstić information content (AvgIpc) is 3.26. The Balaban J connectivity index is 1.78. The average molecular weight is 331 g/mol. The van der Waals surface area contributed by atoms with Crippen molar-refractivity contribution in [1.29, 1.82) is 0 Å². The lowest BCUT2D eigenvalue weighted by molar-refractivity contribution is 0.286. The van der Waals surface area contributed by atoms with Crippen LogP contribution < -0.4 is 0 Å². The second kappa shape index (κ2) is 5.46. The van der Waals surface area contributed by atoms with Gasteiger partial charge in [0.15, 0.2) is 0 Å². The molecule has 4 rings (SSSR count). The van der Waals surface area contributed by atoms with Crippen molar-refractivity contribution >= 4 is 10.0 Å². The van der Waals surface area contributed by atoms with E-state index in [2.05, 4.69) is 17.2 Å². The number of hydrogen-bond donors (Lipinski definition) is 0. The first kappa shape index (κ1) is 14.9. The Kier molecular flexibility index (Phi) is 3.54. The van der Waals surface area contributed by atoms with Crippen LogP contribution in [0.2, 0.25) is 0 Å². The molecule has 2 aliphatic rings. The van der Waals surface area contributed by atoms with E-state index in [1.165, 1.54) is 17.3 Å². The van der Waals surface area contributed by atoms with Crippen LogP contribution in [0.4, 0.5) is 0 Å². The molecule has 1 aromatic carbocycles. The lowest BCUT2D eigenvalue weighted by Crippen LogP contribution is -2.38. The van der Waals surface area contributed by atoms with Gasteiger partial charge in [-0.1, -0.05) is 24.3 Å². The minimum atomic E-state index is -3.51. The predicted octanol–water partition coefficient (Wildman–Crippen LogP) is 2.65. The number of benzene rings is 1. The number of fused-ring (bicyclic) bond motifs is 1. The van der Waals surface area contributed by atoms with E-state index in [1.807, 2.05) is 12.1 Å². The Morgan fingerprint density at radius 1 is 1.22 bits per heavy atom. The molecule has 23 heavy (non-hydrogen) atoms. The van der Waals surface area contributed by atoms with Crippen LogP contribution in [0.15, 0.2) is 41.6 Å². The van der Waals surface area contributed by atoms with Gasteiger partial charge in [-0.05, 0) is 43.2 Å². The molecule has 6 heteroatoms. The van der Waals surface area contributed by atoms with Crippen LogP contribution in [0.1, 0.15) is 42.9 Å². The summed E-state index contributed by atoms with van der Waals surface area (Å²) in [4.78, 5) is 0.301. The first-order chi connectivity index (χ1) is 11.1. The van der Waals surface area contributed by atoms with Gasteiger partial charge >= 0.3 is 0 Å². The predicted molar refractivity (Wildman–Crippen MR) is 87.4 cm³/mol. The van der Waals surface area contributed by atoms with Crippen LogP contribution in [0.25, 0.3) is 0 Å². The SMILES string of the molecule is Cn1cc(S(=O)(=O)N(C2CC2)C2CCCc3ccccc32)cn1. The van der Waals surface area contributed by atoms with E-state index in [9.17, 15) is 8.42 Å². The Morgan fingerprint density at radius 3 is 2.70 bits per heavy atom. The maximum absolute atomic E-state index is 13.2. The van der Waals surface area contributed by atoms with Crippen molar-refractivity contribution in [1.82, 2.24) is 14.1 Å². The zero-order valence-electron chi connectivity index (χ0n) is 13.2. The number of aromatic nitrogens is 2. The highest BCUT2D eigenvalue weighted by Crippen LogP contribution is 2.43. The van der Waals surface area contributed by atoms with Crippen molar-refractivity contribution in [3.8, 4) is 0 Å². The molecule has 2 aromatic rings. The molecule has 1 saturated carbocycles. The molecule has 0 spiro atoms. The van der Waals surface area contributed by atoms with Crippen molar-refractivity contribution < 1.29 is 8.42 Å². The minimum absolute atomic E-state index is 0.0438. The largest absolute Gasteiger partial charge is 0.274 e. The quantitative estimate of drug-likeness (QED) is 0.865. The van der Waals surface area contributed by atoms with Gasteiger partial charge in [0.1, 0.15) is 4.90 Å². The summed E-state index contributed by atoms with van der Waals surface area (Å²) in [5.74, 6) is 0. The summed E-state index contributed by atoms with van der Waals surface area (Å²) >= 11 is 0. The first-order valence-corrected chi connectivity index (χ1v) is 9.61. The topological polar surface area (TPSA) is 55.2 Å². The second-order valence-electron chi connectivity index (χ2n) is 6.52. The van der Waals surface area contributed by atoms with E-state index in [0.717, 1.165) is 32.1 Å². The van der Waals surface area contributed by atoms with Gasteiger partial charge in [-0.25, -0.2) is 8.42 Å². The molecular weight excluding hydrogens is 310 g/mol. The molecule has 2 aliphatic carbocycles. The molecule has 1 aromatic heterocycles. The van der Waals surface area contributed by atoms with Gasteiger partial charge < -0.3 is 0 Å². The Labute approximate surface area is 137 Å². The third kappa shape index (κ3) is 2.60. The first-order valence-electron chi connectivity index (χ1n) is 8.17. The Bertz CT molecular complexity index is 824. The summed E-state index contributed by atoms with van der Waals surface area (Å²) in [6, 6.07) is 8.36. The molecule has 1 heterocycles. The fourth-order valence-corrected chi connectivity index (χ4v) is 5.46. The molecule has 1 atom stereocenters. The van der Waals surface area contributed by atoms with Crippen molar-refractivity contribution in [2.24, 2.45) is 7.05 Å². The van der Waals surface area contributed by atoms with Crippen molar-refractivity contribution in [2.75, 3.05) is 0 Å². The summed E-state index contributed by atoms with van der Waals surface area (Å²) in [7, 11) is -1.76. The molecule has 0 bridgehead atoms. The third-order valence-corrected chi connectivity index (χ3v) is 6.72. The van der Waals surface area contributed by atoms with E-state index in [4.69, 9.17) is 0 Å². The lowest BCUT2D eigenvalue weighted by atomic mass is 9.87. The fraction of sp³-hybridized carbons (Fsp3) is 0.471. The highest BCUT2D eigenvalue weighted by Gasteiger charge is 2.44. The number of rotatable bonds is 4. The van der Waals surface area contributed by atoms with Crippen LogP contribution in [-0.2, 0) is 23.5 Å². The molecule has 0 aliphatic heterocycles. The highest BCUT2D eigenvalue weighted by atomic mass is 32.2. The Morgan fingerprint density at radius 2 is 2.00 bits per heavy atom. The lowest BCUT2D eigenvalue weighted by Gasteiger charge is -2.35. The molecule has 0 amide bonds. The van der Waals surface area contributed by atoms with E-state index in [0.29, 0.717) is 4.90 Å². The van der Waals surface area contributed by atoms with Gasteiger partial charge in [-0.2, -0.15) is 9.40 Å². The van der Waals surface area contributed by atoms with Crippen LogP contribution >= 0.6 is 0 Å². The molecule has 0 saturated heterocycles. The van der Waals surface area contributed by atoms with Gasteiger partial charge in [0.05, 0.1) is 12.2 Å². The van der Waals surface area contributed by atoms with Gasteiger partial charge in [-0.3, -0.25) is 4.68 Å². The fourth-order valence-electron chi connectivity index (χ4n) is 3.59. The molecule has 5 nitrogen and oxygen atoms in total. The molecule has 122 valence electrons. The molecule has 1 unspecified atom stereocenters. The molecule has 1 fully saturated rings. The maximum Gasteiger partial charge on any atom is 0.247 e. The van der Waals surface area contributed by atoms with Crippen LogP contribution in [0, 0.1) is 0 Å². The number of sulfonamides is 1. The summed E-state index contributed by atoms with van der Waals surface area (Å²) in [5.41, 5.74) is 2.47. The van der Waals surface area contributed by atoms with Gasteiger partial charge in [0.25, 0.3) is 0 Å². The zero-order chi connectivity index (χ0) is 16.0. The van der Waals surface area contributed by atoms with E-state index in [-0.39, 0.29) is 12.1 Å². The van der Waals surface area contributed by atoms with Crippen molar-refractivity contribution in [3.63, 3.8) is 0 Å². The van der Waals surface area contributed by atoms with Crippen LogP contribution in [0.5, 0.6) is 0 Å². The van der Waals surface area contributed by atoms with E-state index >= 15 is 0 Å². The number of nitrogens with zero attached hydrogens (tertiary/aromatic N) is 3. The smallest absolute Gasteiger partial charge is 0.247 e. The minimum Gasteiger partial charge on any atom is -0.274 e. The number of aryl methyl sites for hydroxylation is 2. The van der Waals surface area contributed by atoms with Gasteiger partial charge in [0, 0.05) is 19.3 Å². The standard InChI is InChI=1S/C17H21N3O2S/c1-19-12-15(11-18-19)23(21,22)20(14-9-10-14)17-8-4-6-13-5-2-3-7-16(13)17/h2-3,5,7,11-12,14,17H,4,6,8-10H2,1H3. The number of hydrogen-bond acceptors (Lipinski definition) is 3. The third-order valence-electron chi connectivity index (χ3n) is 4.81. The second-order valence-corrected chi connectivity index (χ2v) is 8.37. The van der Waals surface area contributed by atoms with Crippen LogP contribution in [0.3, 0.4) is 0 Å². The van der Waals surface area contributed by atoms with E-state index < -0.39 is 10.0 Å². The normalized spacial score (nSPS) is 21.4. The van der Waals surface area contributed by atoms with E-state index in [1.54, 1.807) is 22.2 Å². The summed E-state index contributed by atoms with van der Waals surface area (Å²) in [6.07, 6.45) is 7.94. The summed E-state index contributed by atoms with van der Waals surface area (Å²) < 4.78 is 29.7. The highest BCUT2D eigenvalue weighted by molar-refractivity contribution is 7.89. The van der Waals surface area contributed by atoms with Crippen molar-refractivity contribution in [3.05, 3.63) is 47.8 Å². The van der Waals surface area contributed by atoms with Gasteiger partial charge in [0.2, 0.25) is 10.0 Å². The zero-order valence-corrected chi connectivity index (χ0v) is 14.0. The monoisotopic (exact) mass is 331 g/mol.